The number of ether oxygens (including phenoxy) is 3. The molecule has 0 spiro atoms. The van der Waals surface area contributed by atoms with Gasteiger partial charge in [-0.25, -0.2) is 9.18 Å². The van der Waals surface area contributed by atoms with E-state index in [4.69, 9.17) is 14.2 Å². The number of hydrogen-bond acceptors (Lipinski definition) is 5. The summed E-state index contributed by atoms with van der Waals surface area (Å²) in [5.41, 5.74) is 5.05. The Kier molecular flexibility index (Phi) is 6.16. The number of benzene rings is 3. The van der Waals surface area contributed by atoms with E-state index in [2.05, 4.69) is 24.3 Å². The van der Waals surface area contributed by atoms with Crippen LogP contribution in [-0.2, 0) is 9.47 Å². The minimum Gasteiger partial charge on any atom is -0.496 e. The van der Waals surface area contributed by atoms with E-state index in [9.17, 15) is 14.0 Å². The quantitative estimate of drug-likeness (QED) is 0.436. The zero-order valence-corrected chi connectivity index (χ0v) is 20.6. The molecule has 6 rings (SSSR count). The molecule has 2 atom stereocenters. The van der Waals surface area contributed by atoms with Gasteiger partial charge in [0.2, 0.25) is 0 Å². The Bertz CT molecular complexity index is 1300. The van der Waals surface area contributed by atoms with Crippen LogP contribution in [-0.4, -0.2) is 55.8 Å². The third-order valence-corrected chi connectivity index (χ3v) is 7.87. The van der Waals surface area contributed by atoms with E-state index in [-0.39, 0.29) is 48.2 Å². The summed E-state index contributed by atoms with van der Waals surface area (Å²) in [5, 5.41) is 0. The highest BCUT2D eigenvalue weighted by Crippen LogP contribution is 2.45. The summed E-state index contributed by atoms with van der Waals surface area (Å²) < 4.78 is 30.6. The number of fused-ring (bicyclic) bond motifs is 5. The van der Waals surface area contributed by atoms with Crippen LogP contribution in [0.2, 0.25) is 0 Å². The summed E-state index contributed by atoms with van der Waals surface area (Å²) >= 11 is 0. The van der Waals surface area contributed by atoms with E-state index >= 15 is 0 Å². The fraction of sp³-hybridized carbons (Fsp3) is 0.333. The van der Waals surface area contributed by atoms with Crippen LogP contribution >= 0.6 is 0 Å². The highest BCUT2D eigenvalue weighted by atomic mass is 19.1. The molecule has 1 amide bonds. The molecule has 2 heterocycles. The SMILES string of the molecule is COc1cc(F)ccc1C(=O)C1CC2COCC(C1)N2C(=O)OCC1c2ccccc2-c2ccccc21. The van der Waals surface area contributed by atoms with Crippen molar-refractivity contribution in [1.82, 2.24) is 4.90 Å². The van der Waals surface area contributed by atoms with Crippen molar-refractivity contribution in [2.45, 2.75) is 30.8 Å². The molecule has 3 aromatic carbocycles. The minimum absolute atomic E-state index is 0.0162. The normalized spacial score (nSPS) is 22.2. The number of Topliss-reactive ketones (excluding diaryl/α,β-unsaturated/α-hetero) is 1. The van der Waals surface area contributed by atoms with Gasteiger partial charge in [0.25, 0.3) is 0 Å². The molecule has 3 aromatic rings. The van der Waals surface area contributed by atoms with E-state index in [1.165, 1.54) is 36.4 Å². The summed E-state index contributed by atoms with van der Waals surface area (Å²) in [6.07, 6.45) is 0.547. The number of methoxy groups -OCH3 is 1. The van der Waals surface area contributed by atoms with Crippen molar-refractivity contribution in [1.29, 1.82) is 0 Å². The largest absolute Gasteiger partial charge is 0.496 e. The first-order valence-electron chi connectivity index (χ1n) is 12.6. The van der Waals surface area contributed by atoms with Crippen molar-refractivity contribution in [3.63, 3.8) is 0 Å². The highest BCUT2D eigenvalue weighted by molar-refractivity contribution is 6.00. The van der Waals surface area contributed by atoms with Gasteiger partial charge in [0.05, 0.1) is 38.0 Å². The van der Waals surface area contributed by atoms with Gasteiger partial charge in [-0.3, -0.25) is 9.69 Å². The standard InChI is InChI=1S/C30H28FNO5/c1-35-28-14-19(31)10-11-26(28)29(33)18-12-20-15-36-16-21(13-18)32(20)30(34)37-17-27-24-8-4-2-6-22(24)23-7-3-5-9-25(23)27/h2-11,14,18,20-21,27H,12-13,15-17H2,1H3. The molecule has 2 fully saturated rings. The Morgan fingerprint density at radius 1 is 0.946 bits per heavy atom. The number of halogens is 1. The molecule has 37 heavy (non-hydrogen) atoms. The summed E-state index contributed by atoms with van der Waals surface area (Å²) in [6, 6.07) is 19.9. The fourth-order valence-electron chi connectivity index (χ4n) is 6.18. The molecule has 0 saturated carbocycles. The van der Waals surface area contributed by atoms with Crippen LogP contribution in [0.3, 0.4) is 0 Å². The molecule has 1 aliphatic carbocycles. The van der Waals surface area contributed by atoms with Gasteiger partial charge in [0.1, 0.15) is 18.2 Å². The molecule has 0 N–H and O–H groups in total. The monoisotopic (exact) mass is 501 g/mol. The van der Waals surface area contributed by atoms with Crippen LogP contribution in [0.4, 0.5) is 9.18 Å². The molecule has 3 aliphatic rings. The predicted octanol–water partition coefficient (Wildman–Crippen LogP) is 5.45. The lowest BCUT2D eigenvalue weighted by atomic mass is 9.80. The minimum atomic E-state index is -0.455. The topological polar surface area (TPSA) is 65.1 Å². The average molecular weight is 502 g/mol. The molecule has 6 nitrogen and oxygen atoms in total. The Hall–Kier alpha value is -3.71. The number of ketones is 1. The number of amides is 1. The van der Waals surface area contributed by atoms with E-state index in [0.717, 1.165) is 11.1 Å². The van der Waals surface area contributed by atoms with Crippen LogP contribution in [0.15, 0.2) is 66.7 Å². The van der Waals surface area contributed by atoms with Crippen molar-refractivity contribution >= 4 is 11.9 Å². The Morgan fingerprint density at radius 3 is 2.19 bits per heavy atom. The molecule has 0 aromatic heterocycles. The Morgan fingerprint density at radius 2 is 1.57 bits per heavy atom. The first kappa shape index (κ1) is 23.7. The van der Waals surface area contributed by atoms with E-state index in [1.807, 2.05) is 24.3 Å². The van der Waals surface area contributed by atoms with E-state index < -0.39 is 5.82 Å². The lowest BCUT2D eigenvalue weighted by molar-refractivity contribution is -0.0748. The van der Waals surface area contributed by atoms with Crippen molar-refractivity contribution < 1.29 is 28.2 Å². The molecular weight excluding hydrogens is 473 g/mol. The number of rotatable bonds is 5. The second kappa shape index (κ2) is 9.63. The lowest BCUT2D eigenvalue weighted by Crippen LogP contribution is -2.60. The second-order valence-corrected chi connectivity index (χ2v) is 9.93. The second-order valence-electron chi connectivity index (χ2n) is 9.93. The fourth-order valence-corrected chi connectivity index (χ4v) is 6.18. The Balaban J connectivity index is 1.17. The van der Waals surface area contributed by atoms with Gasteiger partial charge in [-0.05, 0) is 47.2 Å². The number of carbonyl (C=O) groups is 2. The van der Waals surface area contributed by atoms with Crippen molar-refractivity contribution in [3.05, 3.63) is 89.2 Å². The maximum Gasteiger partial charge on any atom is 0.410 e. The highest BCUT2D eigenvalue weighted by Gasteiger charge is 2.45. The van der Waals surface area contributed by atoms with Crippen molar-refractivity contribution in [2.24, 2.45) is 5.92 Å². The molecule has 7 heteroatoms. The summed E-state index contributed by atoms with van der Waals surface area (Å²) in [7, 11) is 1.42. The number of piperidine rings is 1. The molecule has 2 bridgehead atoms. The van der Waals surface area contributed by atoms with Crippen molar-refractivity contribution in [3.8, 4) is 16.9 Å². The van der Waals surface area contributed by atoms with Gasteiger partial charge < -0.3 is 14.2 Å². The van der Waals surface area contributed by atoms with Gasteiger partial charge in [0.15, 0.2) is 5.78 Å². The Labute approximate surface area is 214 Å². The number of nitrogens with zero attached hydrogens (tertiary/aromatic N) is 1. The van der Waals surface area contributed by atoms with Gasteiger partial charge in [-0.15, -0.1) is 0 Å². The number of carbonyl (C=O) groups excluding carboxylic acids is 2. The van der Waals surface area contributed by atoms with Crippen LogP contribution in [0.5, 0.6) is 5.75 Å². The van der Waals surface area contributed by atoms with Gasteiger partial charge in [-0.2, -0.15) is 0 Å². The zero-order valence-electron chi connectivity index (χ0n) is 20.6. The average Bonchev–Trinajstić information content (AvgIpc) is 3.24. The maximum atomic E-state index is 13.7. The number of morpholine rings is 1. The lowest BCUT2D eigenvalue weighted by Gasteiger charge is -2.47. The summed E-state index contributed by atoms with van der Waals surface area (Å²) in [6.45, 7) is 0.953. The number of hydrogen-bond donors (Lipinski definition) is 0. The van der Waals surface area contributed by atoms with Gasteiger partial charge >= 0.3 is 6.09 Å². The van der Waals surface area contributed by atoms with Crippen LogP contribution in [0.25, 0.3) is 11.1 Å². The molecular formula is C30H28FNO5. The van der Waals surface area contributed by atoms with E-state index in [1.54, 1.807) is 4.90 Å². The third kappa shape index (κ3) is 4.17. The summed E-state index contributed by atoms with van der Waals surface area (Å²) in [4.78, 5) is 28.5. The maximum absolute atomic E-state index is 13.7. The van der Waals surface area contributed by atoms with Crippen LogP contribution in [0.1, 0.15) is 40.2 Å². The third-order valence-electron chi connectivity index (χ3n) is 7.87. The smallest absolute Gasteiger partial charge is 0.410 e. The molecule has 2 unspecified atom stereocenters. The molecule has 2 saturated heterocycles. The van der Waals surface area contributed by atoms with Gasteiger partial charge in [-0.1, -0.05) is 48.5 Å². The van der Waals surface area contributed by atoms with Gasteiger partial charge in [0, 0.05) is 17.9 Å². The van der Waals surface area contributed by atoms with E-state index in [0.29, 0.717) is 31.6 Å². The summed E-state index contributed by atoms with van der Waals surface area (Å²) in [5.74, 6) is -0.650. The first-order chi connectivity index (χ1) is 18.0. The predicted molar refractivity (Wildman–Crippen MR) is 135 cm³/mol. The van der Waals surface area contributed by atoms with Crippen LogP contribution in [0, 0.1) is 11.7 Å². The zero-order chi connectivity index (χ0) is 25.5. The van der Waals surface area contributed by atoms with Crippen LogP contribution < -0.4 is 4.74 Å². The van der Waals surface area contributed by atoms with Crippen molar-refractivity contribution in [2.75, 3.05) is 26.9 Å². The molecule has 190 valence electrons. The molecule has 0 radical (unpaired) electrons. The molecule has 2 aliphatic heterocycles. The first-order valence-corrected chi connectivity index (χ1v) is 12.6.